The summed E-state index contributed by atoms with van der Waals surface area (Å²) in [6, 6.07) is 1.85. The lowest BCUT2D eigenvalue weighted by Gasteiger charge is -2.25. The lowest BCUT2D eigenvalue weighted by molar-refractivity contribution is -0.122. The van der Waals surface area contributed by atoms with E-state index in [0.29, 0.717) is 19.4 Å². The number of amides is 1. The van der Waals surface area contributed by atoms with Crippen LogP contribution in [0.4, 0.5) is 0 Å². The predicted molar refractivity (Wildman–Crippen MR) is 53.5 cm³/mol. The highest BCUT2D eigenvalue weighted by Crippen LogP contribution is 2.06. The van der Waals surface area contributed by atoms with Gasteiger partial charge in [0.05, 0.1) is 18.3 Å². The van der Waals surface area contributed by atoms with E-state index in [1.54, 1.807) is 0 Å². The summed E-state index contributed by atoms with van der Waals surface area (Å²) >= 11 is 0. The van der Waals surface area contributed by atoms with Crippen LogP contribution in [-0.2, 0) is 4.79 Å². The van der Waals surface area contributed by atoms with E-state index in [2.05, 4.69) is 10.5 Å². The number of rotatable bonds is 3. The average molecular weight is 210 g/mol. The normalized spacial score (nSPS) is 16.9. The molecule has 1 aliphatic rings. The first-order valence-corrected chi connectivity index (χ1v) is 4.82. The Morgan fingerprint density at radius 3 is 2.80 bits per heavy atom. The number of oxime groups is 1. The van der Waals surface area contributed by atoms with Crippen LogP contribution in [0.2, 0.25) is 0 Å². The first kappa shape index (κ1) is 11.5. The molecule has 0 aromatic rings. The van der Waals surface area contributed by atoms with Crippen LogP contribution in [0, 0.1) is 11.3 Å². The molecule has 0 aromatic carbocycles. The Bertz CT molecular complexity index is 285. The van der Waals surface area contributed by atoms with Crippen LogP contribution < -0.4 is 5.32 Å². The molecule has 1 saturated heterocycles. The maximum Gasteiger partial charge on any atom is 0.235 e. The van der Waals surface area contributed by atoms with Crippen molar-refractivity contribution in [3.05, 3.63) is 0 Å². The van der Waals surface area contributed by atoms with Gasteiger partial charge in [-0.1, -0.05) is 5.16 Å². The highest BCUT2D eigenvalue weighted by Gasteiger charge is 2.17. The summed E-state index contributed by atoms with van der Waals surface area (Å²) in [6.45, 7) is 1.80. The highest BCUT2D eigenvalue weighted by atomic mass is 16.4. The van der Waals surface area contributed by atoms with Gasteiger partial charge in [-0.2, -0.15) is 5.26 Å². The smallest absolute Gasteiger partial charge is 0.235 e. The van der Waals surface area contributed by atoms with Crippen molar-refractivity contribution < 1.29 is 10.0 Å². The number of nitrogens with zero attached hydrogens (tertiary/aromatic N) is 3. The van der Waals surface area contributed by atoms with Crippen molar-refractivity contribution in [2.75, 3.05) is 26.2 Å². The molecule has 1 fully saturated rings. The van der Waals surface area contributed by atoms with Crippen LogP contribution in [0.15, 0.2) is 5.16 Å². The Kier molecular flexibility index (Phi) is 4.57. The molecule has 0 aromatic heterocycles. The minimum Gasteiger partial charge on any atom is -0.411 e. The third-order valence-corrected chi connectivity index (χ3v) is 2.31. The van der Waals surface area contributed by atoms with Crippen LogP contribution in [0.25, 0.3) is 0 Å². The van der Waals surface area contributed by atoms with E-state index in [4.69, 9.17) is 10.5 Å². The molecule has 0 saturated carbocycles. The van der Waals surface area contributed by atoms with Gasteiger partial charge in [0.25, 0.3) is 0 Å². The summed E-state index contributed by atoms with van der Waals surface area (Å²) in [7, 11) is 0. The quantitative estimate of drug-likeness (QED) is 0.375. The molecule has 6 heteroatoms. The van der Waals surface area contributed by atoms with Crippen molar-refractivity contribution >= 4 is 11.6 Å². The van der Waals surface area contributed by atoms with Gasteiger partial charge in [0, 0.05) is 25.9 Å². The van der Waals surface area contributed by atoms with Crippen LogP contribution >= 0.6 is 0 Å². The summed E-state index contributed by atoms with van der Waals surface area (Å²) < 4.78 is 0. The van der Waals surface area contributed by atoms with Crippen molar-refractivity contribution in [3.8, 4) is 6.07 Å². The fourth-order valence-electron chi connectivity index (χ4n) is 1.47. The van der Waals surface area contributed by atoms with Crippen LogP contribution in [0.3, 0.4) is 0 Å². The zero-order valence-electron chi connectivity index (χ0n) is 8.44. The molecular weight excluding hydrogens is 196 g/mol. The van der Waals surface area contributed by atoms with E-state index >= 15 is 0 Å². The van der Waals surface area contributed by atoms with Crippen molar-refractivity contribution in [2.24, 2.45) is 5.16 Å². The van der Waals surface area contributed by atoms with Gasteiger partial charge in [0.15, 0.2) is 0 Å². The van der Waals surface area contributed by atoms with Gasteiger partial charge in [0.1, 0.15) is 6.54 Å². The summed E-state index contributed by atoms with van der Waals surface area (Å²) in [5.41, 5.74) is 0.781. The molecule has 2 N–H and O–H groups in total. The van der Waals surface area contributed by atoms with Crippen LogP contribution in [0.5, 0.6) is 0 Å². The molecule has 15 heavy (non-hydrogen) atoms. The zero-order chi connectivity index (χ0) is 11.1. The van der Waals surface area contributed by atoms with Crippen molar-refractivity contribution in [3.63, 3.8) is 0 Å². The number of carbonyl (C=O) groups is 1. The number of hydrogen-bond acceptors (Lipinski definition) is 5. The summed E-state index contributed by atoms with van der Waals surface area (Å²) in [6.07, 6.45) is 1.39. The standard InChI is InChI=1S/C9H14N4O2/c10-3-4-11-9(14)7-13-5-1-8(12-15)2-6-13/h15H,1-2,4-7H2,(H,11,14). The second kappa shape index (κ2) is 5.98. The summed E-state index contributed by atoms with van der Waals surface area (Å²) in [4.78, 5) is 13.2. The number of nitriles is 1. The first-order chi connectivity index (χ1) is 7.26. The van der Waals surface area contributed by atoms with E-state index in [1.807, 2.05) is 11.0 Å². The fraction of sp³-hybridized carbons (Fsp3) is 0.667. The minimum absolute atomic E-state index is 0.0516. The van der Waals surface area contributed by atoms with E-state index < -0.39 is 0 Å². The molecule has 0 aliphatic carbocycles. The van der Waals surface area contributed by atoms with Gasteiger partial charge in [-0.05, 0) is 0 Å². The Morgan fingerprint density at radius 2 is 2.27 bits per heavy atom. The van der Waals surface area contributed by atoms with Gasteiger partial charge in [-0.3, -0.25) is 9.69 Å². The Labute approximate surface area is 88.2 Å². The van der Waals surface area contributed by atoms with Crippen molar-refractivity contribution in [2.45, 2.75) is 12.8 Å². The zero-order valence-corrected chi connectivity index (χ0v) is 8.44. The molecule has 1 heterocycles. The number of hydrogen-bond donors (Lipinski definition) is 2. The molecule has 0 radical (unpaired) electrons. The predicted octanol–water partition coefficient (Wildman–Crippen LogP) is -0.448. The van der Waals surface area contributed by atoms with Crippen LogP contribution in [-0.4, -0.2) is 47.9 Å². The Balaban J connectivity index is 2.24. The third-order valence-electron chi connectivity index (χ3n) is 2.31. The first-order valence-electron chi connectivity index (χ1n) is 4.82. The van der Waals surface area contributed by atoms with E-state index in [9.17, 15) is 4.79 Å². The second-order valence-electron chi connectivity index (χ2n) is 3.38. The van der Waals surface area contributed by atoms with Crippen LogP contribution in [0.1, 0.15) is 12.8 Å². The molecule has 6 nitrogen and oxygen atoms in total. The van der Waals surface area contributed by atoms with Crippen molar-refractivity contribution in [1.29, 1.82) is 5.26 Å². The molecule has 0 atom stereocenters. The molecular formula is C9H14N4O2. The number of nitrogens with one attached hydrogen (secondary N) is 1. The van der Waals surface area contributed by atoms with E-state index in [1.165, 1.54) is 0 Å². The van der Waals surface area contributed by atoms with Gasteiger partial charge < -0.3 is 10.5 Å². The third kappa shape index (κ3) is 3.95. The summed E-state index contributed by atoms with van der Waals surface area (Å²) in [5, 5.41) is 22.4. The maximum atomic E-state index is 11.2. The molecule has 82 valence electrons. The molecule has 1 aliphatic heterocycles. The SMILES string of the molecule is N#CCNC(=O)CN1CCC(=NO)CC1. The topological polar surface area (TPSA) is 88.7 Å². The molecule has 0 spiro atoms. The lowest BCUT2D eigenvalue weighted by Crippen LogP contribution is -2.41. The van der Waals surface area contributed by atoms with Crippen molar-refractivity contribution in [1.82, 2.24) is 10.2 Å². The van der Waals surface area contributed by atoms with Gasteiger partial charge >= 0.3 is 0 Å². The monoisotopic (exact) mass is 210 g/mol. The second-order valence-corrected chi connectivity index (χ2v) is 3.38. The molecule has 1 rings (SSSR count). The highest BCUT2D eigenvalue weighted by molar-refractivity contribution is 5.85. The Morgan fingerprint density at radius 1 is 1.60 bits per heavy atom. The molecule has 0 bridgehead atoms. The van der Waals surface area contributed by atoms with E-state index in [0.717, 1.165) is 18.8 Å². The van der Waals surface area contributed by atoms with Gasteiger partial charge in [-0.15, -0.1) is 0 Å². The average Bonchev–Trinajstić information content (AvgIpc) is 2.27. The van der Waals surface area contributed by atoms with E-state index in [-0.39, 0.29) is 12.5 Å². The summed E-state index contributed by atoms with van der Waals surface area (Å²) in [5.74, 6) is -0.138. The molecule has 0 unspecified atom stereocenters. The fourth-order valence-corrected chi connectivity index (χ4v) is 1.47. The number of carbonyl (C=O) groups excluding carboxylic acids is 1. The maximum absolute atomic E-state index is 11.2. The minimum atomic E-state index is -0.138. The largest absolute Gasteiger partial charge is 0.411 e. The van der Waals surface area contributed by atoms with Gasteiger partial charge in [0.2, 0.25) is 5.91 Å². The Hall–Kier alpha value is -1.61. The number of likely N-dealkylation sites (tertiary alicyclic amines) is 1. The molecule has 1 amide bonds. The van der Waals surface area contributed by atoms with Gasteiger partial charge in [-0.25, -0.2) is 0 Å². The lowest BCUT2D eigenvalue weighted by atomic mass is 10.1. The number of piperidine rings is 1.